The summed E-state index contributed by atoms with van der Waals surface area (Å²) in [5.74, 6) is 0.427. The van der Waals surface area contributed by atoms with Crippen LogP contribution in [0.3, 0.4) is 0 Å². The van der Waals surface area contributed by atoms with Crippen LogP contribution in [0.1, 0.15) is 17.5 Å². The third kappa shape index (κ3) is 3.92. The van der Waals surface area contributed by atoms with E-state index >= 15 is 0 Å². The molecule has 0 saturated carbocycles. The number of hydrogen-bond donors (Lipinski definition) is 2. The Bertz CT molecular complexity index is 997. The van der Waals surface area contributed by atoms with Crippen molar-refractivity contribution in [2.75, 3.05) is 19.0 Å². The molecule has 5 nitrogen and oxygen atoms in total. The molecule has 0 aliphatic carbocycles. The fourth-order valence-corrected chi connectivity index (χ4v) is 3.44. The summed E-state index contributed by atoms with van der Waals surface area (Å²) in [5, 5.41) is 4.76. The Balaban J connectivity index is 1.90. The molecule has 0 spiro atoms. The smallest absolute Gasteiger partial charge is 0.177 e. The molecule has 24 heavy (non-hydrogen) atoms. The second-order valence-corrected chi connectivity index (χ2v) is 7.14. The number of fused-ring (bicyclic) bond motifs is 1. The quantitative estimate of drug-likeness (QED) is 0.537. The lowest BCUT2D eigenvalue weighted by Crippen LogP contribution is -2.27. The number of nitrogens with one attached hydrogen (secondary N) is 1. The van der Waals surface area contributed by atoms with Crippen molar-refractivity contribution < 1.29 is 16.0 Å². The van der Waals surface area contributed by atoms with Crippen molar-refractivity contribution in [1.29, 1.82) is 0 Å². The van der Waals surface area contributed by atoms with Crippen molar-refractivity contribution >= 4 is 55.7 Å². The third-order valence-electron chi connectivity index (χ3n) is 3.21. The van der Waals surface area contributed by atoms with Crippen molar-refractivity contribution in [1.82, 2.24) is 4.98 Å². The van der Waals surface area contributed by atoms with Gasteiger partial charge >= 0.3 is 0 Å². The summed E-state index contributed by atoms with van der Waals surface area (Å²) in [7, 11) is -2.53. The zero-order valence-corrected chi connectivity index (χ0v) is 15.5. The highest BCUT2D eigenvalue weighted by Gasteiger charge is 2.19. The van der Waals surface area contributed by atoms with Crippen LogP contribution in [0, 0.1) is 0 Å². The molecule has 0 saturated heterocycles. The van der Waals surface area contributed by atoms with Crippen molar-refractivity contribution in [2.45, 2.75) is 19.0 Å². The van der Waals surface area contributed by atoms with Gasteiger partial charge in [-0.25, -0.2) is 4.98 Å². The summed E-state index contributed by atoms with van der Waals surface area (Å²) in [6, 6.07) is 4.30. The van der Waals surface area contributed by atoms with Gasteiger partial charge in [-0.1, -0.05) is 17.7 Å². The van der Waals surface area contributed by atoms with Gasteiger partial charge in [0.2, 0.25) is 0 Å². The fraction of sp³-hybridized carbons (Fsp3) is 0.312. The number of methoxy groups -OCH3 is 1. The zero-order valence-electron chi connectivity index (χ0n) is 17.3. The monoisotopic (exact) mass is 434 g/mol. The molecule has 0 aromatic carbocycles. The number of nitrogens with two attached hydrogens (primary N) is 1. The predicted molar refractivity (Wildman–Crippen MR) is 102 cm³/mol. The molecule has 3 N–H and O–H groups in total. The van der Waals surface area contributed by atoms with Crippen LogP contribution < -0.4 is 11.1 Å². The minimum absolute atomic E-state index is 0.157. The molecule has 0 radical (unpaired) electrons. The van der Waals surface area contributed by atoms with Crippen LogP contribution in [-0.2, 0) is 17.7 Å². The van der Waals surface area contributed by atoms with Crippen LogP contribution in [0.2, 0.25) is 5.15 Å². The van der Waals surface area contributed by atoms with E-state index in [1.807, 2.05) is 0 Å². The van der Waals surface area contributed by atoms with Crippen molar-refractivity contribution in [3.05, 3.63) is 43.8 Å². The van der Waals surface area contributed by atoms with Gasteiger partial charge < -0.3 is 20.2 Å². The number of rotatable bonds is 7. The number of halogens is 2. The number of pyridine rings is 1. The lowest BCUT2D eigenvalue weighted by molar-refractivity contribution is 0.178. The number of anilines is 1. The molecule has 0 aliphatic heterocycles. The van der Waals surface area contributed by atoms with E-state index in [2.05, 4.69) is 26.2 Å². The Morgan fingerprint density at radius 3 is 3.29 bits per heavy atom. The van der Waals surface area contributed by atoms with E-state index in [-0.39, 0.29) is 18.2 Å². The van der Waals surface area contributed by atoms with E-state index in [9.17, 15) is 0 Å². The van der Waals surface area contributed by atoms with Crippen molar-refractivity contribution in [3.63, 3.8) is 0 Å². The van der Waals surface area contributed by atoms with Crippen molar-refractivity contribution in [2.24, 2.45) is 5.73 Å². The minimum Gasteiger partial charge on any atom is -0.456 e. The van der Waals surface area contributed by atoms with E-state index in [0.717, 1.165) is 0 Å². The van der Waals surface area contributed by atoms with Gasteiger partial charge in [-0.3, -0.25) is 0 Å². The average molecular weight is 436 g/mol. The molecule has 3 heterocycles. The maximum atomic E-state index is 8.31. The Hall–Kier alpha value is -1.12. The SMILES string of the molecule is [2H]C([2H])([2H])OC[C@H](N)Cc1oc2c(NC([2H])([2H])c3cccs3)cc(Cl)nc2c1Br. The van der Waals surface area contributed by atoms with Crippen LogP contribution in [-0.4, -0.2) is 24.7 Å². The van der Waals surface area contributed by atoms with Crippen molar-refractivity contribution in [3.8, 4) is 0 Å². The zero-order chi connectivity index (χ0) is 21.4. The first-order valence-corrected chi connectivity index (χ1v) is 9.00. The summed E-state index contributed by atoms with van der Waals surface area (Å²) in [6.45, 7) is -2.03. The standard InChI is InChI=1S/C16H17BrClN3O2S/c1-22-8-9(19)5-12-14(17)15-16(23-12)11(6-13(18)21-15)20-7-10-3-2-4-24-10/h2-4,6,9H,5,7-8,19H2,1H3,(H,20,21)/t9-/m1/s1/i1D3,7D2. The minimum atomic E-state index is -2.53. The molecule has 0 bridgehead atoms. The molecule has 3 aromatic heterocycles. The Kier molecular flexibility index (Phi) is 4.01. The van der Waals surface area contributed by atoms with Gasteiger partial charge in [0.05, 0.1) is 23.6 Å². The molecule has 0 amide bonds. The highest BCUT2D eigenvalue weighted by Crippen LogP contribution is 2.36. The number of furan rings is 1. The highest BCUT2D eigenvalue weighted by atomic mass is 79.9. The number of hydrogen-bond acceptors (Lipinski definition) is 6. The van der Waals surface area contributed by atoms with Crippen LogP contribution in [0.4, 0.5) is 5.69 Å². The molecular weight excluding hydrogens is 414 g/mol. The summed E-state index contributed by atoms with van der Waals surface area (Å²) in [4.78, 5) is 4.74. The Morgan fingerprint density at radius 1 is 1.67 bits per heavy atom. The average Bonchev–Trinajstić information content (AvgIpc) is 3.23. The predicted octanol–water partition coefficient (Wildman–Crippen LogP) is 4.43. The molecule has 3 aromatic rings. The van der Waals surface area contributed by atoms with Crippen LogP contribution in [0.25, 0.3) is 11.1 Å². The van der Waals surface area contributed by atoms with Gasteiger partial charge in [0.1, 0.15) is 16.4 Å². The van der Waals surface area contributed by atoms with Gasteiger partial charge in [-0.2, -0.15) is 0 Å². The summed E-state index contributed by atoms with van der Waals surface area (Å²) in [5.41, 5.74) is 7.00. The van der Waals surface area contributed by atoms with E-state index in [1.54, 1.807) is 17.5 Å². The van der Waals surface area contributed by atoms with Gasteiger partial charge in [0.15, 0.2) is 5.58 Å². The second kappa shape index (κ2) is 7.84. The van der Waals surface area contributed by atoms with Gasteiger partial charge in [-0.05, 0) is 27.4 Å². The number of thiophene rings is 1. The molecule has 1 atom stereocenters. The topological polar surface area (TPSA) is 73.3 Å². The normalized spacial score (nSPS) is 16.9. The maximum absolute atomic E-state index is 8.31. The highest BCUT2D eigenvalue weighted by molar-refractivity contribution is 9.10. The molecular formula is C16H17BrClN3O2S. The molecule has 0 unspecified atom stereocenters. The van der Waals surface area contributed by atoms with E-state index in [0.29, 0.717) is 31.9 Å². The van der Waals surface area contributed by atoms with Gasteiger partial charge in [0, 0.05) is 36.9 Å². The second-order valence-electron chi connectivity index (χ2n) is 5.01. The molecule has 128 valence electrons. The lowest BCUT2D eigenvalue weighted by atomic mass is 10.2. The summed E-state index contributed by atoms with van der Waals surface area (Å²) >= 11 is 10.8. The Labute approximate surface area is 164 Å². The largest absolute Gasteiger partial charge is 0.456 e. The number of nitrogens with zero attached hydrogens (tertiary/aromatic N) is 1. The van der Waals surface area contributed by atoms with Crippen LogP contribution in [0.5, 0.6) is 0 Å². The maximum Gasteiger partial charge on any atom is 0.177 e. The lowest BCUT2D eigenvalue weighted by Gasteiger charge is -2.08. The number of ether oxygens (including phenoxy) is 1. The first kappa shape index (κ1) is 12.3. The van der Waals surface area contributed by atoms with Gasteiger partial charge in [0.25, 0.3) is 0 Å². The van der Waals surface area contributed by atoms with Gasteiger partial charge in [-0.15, -0.1) is 11.3 Å². The fourth-order valence-electron chi connectivity index (χ4n) is 2.16. The molecule has 8 heteroatoms. The molecule has 0 fully saturated rings. The first-order valence-electron chi connectivity index (χ1n) is 9.45. The molecule has 0 aliphatic rings. The summed E-state index contributed by atoms with van der Waals surface area (Å²) in [6.07, 6.45) is 0.182. The number of aromatic nitrogens is 1. The van der Waals surface area contributed by atoms with Crippen LogP contribution >= 0.6 is 38.9 Å². The van der Waals surface area contributed by atoms with E-state index in [1.165, 1.54) is 17.4 Å². The Morgan fingerprint density at radius 2 is 2.54 bits per heavy atom. The summed E-state index contributed by atoms with van der Waals surface area (Å²) < 4.78 is 49.0. The van der Waals surface area contributed by atoms with E-state index in [4.69, 9.17) is 33.3 Å². The van der Waals surface area contributed by atoms with E-state index < -0.39 is 19.6 Å². The molecule has 3 rings (SSSR count). The third-order valence-corrected chi connectivity index (χ3v) is 5.00. The first-order chi connectivity index (χ1) is 13.5. The van der Waals surface area contributed by atoms with Crippen LogP contribution in [0.15, 0.2) is 32.5 Å².